The molecule has 0 bridgehead atoms. The number of methoxy groups -OCH3 is 1. The van der Waals surface area contributed by atoms with Gasteiger partial charge in [-0.15, -0.1) is 5.10 Å². The number of para-hydroxylation sites is 1. The Kier molecular flexibility index (Phi) is 6.84. The molecule has 4 aromatic rings. The van der Waals surface area contributed by atoms with Crippen molar-refractivity contribution >= 4 is 17.5 Å². The maximum atomic E-state index is 6.28. The highest BCUT2D eigenvalue weighted by Crippen LogP contribution is 2.36. The molecule has 10 nitrogen and oxygen atoms in total. The van der Waals surface area contributed by atoms with Gasteiger partial charge in [-0.3, -0.25) is 4.98 Å². The number of benzene rings is 1. The highest BCUT2D eigenvalue weighted by atomic mass is 35.5. The molecule has 11 heteroatoms. The lowest BCUT2D eigenvalue weighted by Crippen LogP contribution is -2.13. The molecule has 0 unspecified atom stereocenters. The van der Waals surface area contributed by atoms with Gasteiger partial charge in [0.05, 0.1) is 67.0 Å². The molecule has 2 N–H and O–H groups in total. The third-order valence-corrected chi connectivity index (χ3v) is 5.83. The summed E-state index contributed by atoms with van der Waals surface area (Å²) in [6, 6.07) is 13.1. The van der Waals surface area contributed by atoms with E-state index in [4.69, 9.17) is 31.5 Å². The molecule has 0 amide bonds. The van der Waals surface area contributed by atoms with Crippen molar-refractivity contribution in [1.29, 1.82) is 0 Å². The van der Waals surface area contributed by atoms with Crippen LogP contribution in [-0.2, 0) is 22.6 Å². The Morgan fingerprint density at radius 1 is 1.09 bits per heavy atom. The highest BCUT2D eigenvalue weighted by Gasteiger charge is 2.17. The fourth-order valence-electron chi connectivity index (χ4n) is 3.86. The number of nitrogens with two attached hydrogens (primary N) is 1. The Balaban J connectivity index is 1.34. The Morgan fingerprint density at radius 2 is 1.91 bits per heavy atom. The lowest BCUT2D eigenvalue weighted by molar-refractivity contribution is 0.0301. The Labute approximate surface area is 207 Å². The van der Waals surface area contributed by atoms with Crippen LogP contribution in [0.5, 0.6) is 5.75 Å². The van der Waals surface area contributed by atoms with Crippen LogP contribution in [0.25, 0.3) is 22.6 Å². The molecule has 4 heterocycles. The predicted octanol–water partition coefficient (Wildman–Crippen LogP) is 3.40. The third-order valence-electron chi connectivity index (χ3n) is 5.53. The van der Waals surface area contributed by atoms with Gasteiger partial charge in [-0.2, -0.15) is 0 Å². The second kappa shape index (κ2) is 10.3. The molecule has 180 valence electrons. The highest BCUT2D eigenvalue weighted by molar-refractivity contribution is 6.32. The van der Waals surface area contributed by atoms with Crippen LogP contribution in [0, 0.1) is 0 Å². The van der Waals surface area contributed by atoms with Gasteiger partial charge in [0.1, 0.15) is 11.4 Å². The van der Waals surface area contributed by atoms with Crippen LogP contribution >= 0.6 is 11.6 Å². The molecule has 0 spiro atoms. The summed E-state index contributed by atoms with van der Waals surface area (Å²) in [7, 11) is 1.56. The molecule has 1 saturated heterocycles. The van der Waals surface area contributed by atoms with E-state index in [0.29, 0.717) is 53.2 Å². The number of halogens is 1. The number of pyridine rings is 1. The van der Waals surface area contributed by atoms with Crippen LogP contribution in [0.2, 0.25) is 5.02 Å². The first kappa shape index (κ1) is 23.2. The summed E-state index contributed by atoms with van der Waals surface area (Å²) in [6.07, 6.45) is 2.85. The van der Waals surface area contributed by atoms with E-state index >= 15 is 0 Å². The first-order valence-corrected chi connectivity index (χ1v) is 11.5. The molecule has 35 heavy (non-hydrogen) atoms. The van der Waals surface area contributed by atoms with Crippen molar-refractivity contribution in [3.63, 3.8) is 0 Å². The maximum absolute atomic E-state index is 6.28. The van der Waals surface area contributed by atoms with Crippen molar-refractivity contribution < 1.29 is 14.2 Å². The first-order chi connectivity index (χ1) is 17.1. The van der Waals surface area contributed by atoms with E-state index in [-0.39, 0.29) is 12.1 Å². The van der Waals surface area contributed by atoms with Gasteiger partial charge in [0, 0.05) is 12.2 Å². The number of nitrogens with zero attached hydrogens (tertiary/aromatic N) is 6. The second-order valence-electron chi connectivity index (χ2n) is 8.04. The Hall–Kier alpha value is -3.60. The molecular formula is C24H24ClN7O3. The van der Waals surface area contributed by atoms with E-state index in [9.17, 15) is 0 Å². The second-order valence-corrected chi connectivity index (χ2v) is 8.44. The van der Waals surface area contributed by atoms with Gasteiger partial charge in [-0.05, 0) is 36.8 Å². The van der Waals surface area contributed by atoms with E-state index in [0.717, 1.165) is 24.4 Å². The van der Waals surface area contributed by atoms with Crippen molar-refractivity contribution in [1.82, 2.24) is 29.9 Å². The van der Waals surface area contributed by atoms with Gasteiger partial charge in [-0.25, -0.2) is 14.6 Å². The third kappa shape index (κ3) is 5.40. The predicted molar refractivity (Wildman–Crippen MR) is 130 cm³/mol. The monoisotopic (exact) mass is 493 g/mol. The summed E-state index contributed by atoms with van der Waals surface area (Å²) >= 11 is 6.28. The molecule has 1 aliphatic rings. The van der Waals surface area contributed by atoms with Crippen molar-refractivity contribution in [2.75, 3.05) is 26.1 Å². The van der Waals surface area contributed by atoms with Crippen molar-refractivity contribution in [3.05, 3.63) is 65.1 Å². The number of hydrogen-bond acceptors (Lipinski definition) is 9. The zero-order valence-corrected chi connectivity index (χ0v) is 19.9. The van der Waals surface area contributed by atoms with Crippen LogP contribution in [-0.4, -0.2) is 56.4 Å². The Morgan fingerprint density at radius 3 is 2.74 bits per heavy atom. The van der Waals surface area contributed by atoms with Gasteiger partial charge < -0.3 is 19.9 Å². The van der Waals surface area contributed by atoms with Gasteiger partial charge in [0.15, 0.2) is 0 Å². The molecule has 0 saturated carbocycles. The summed E-state index contributed by atoms with van der Waals surface area (Å²) in [5, 5.41) is 8.99. The normalized spacial score (nSPS) is 15.4. The lowest BCUT2D eigenvalue weighted by atomic mass is 10.1. The van der Waals surface area contributed by atoms with E-state index in [1.54, 1.807) is 30.1 Å². The van der Waals surface area contributed by atoms with Gasteiger partial charge >= 0.3 is 0 Å². The van der Waals surface area contributed by atoms with Crippen LogP contribution in [0.3, 0.4) is 0 Å². The van der Waals surface area contributed by atoms with Crippen molar-refractivity contribution in [2.45, 2.75) is 25.7 Å². The van der Waals surface area contributed by atoms with Crippen LogP contribution in [0.15, 0.2) is 48.7 Å². The standard InChI is InChI=1S/C24H24ClN7O3/c1-33-23-18(6-3-7-19(23)25)20-10-21(29-24(26)28-20)22-12-32(31-30-22)11-15-4-2-5-16(27-15)13-35-17-8-9-34-14-17/h2-7,10,12,17H,8-9,11,13-14H2,1H3,(H2,26,28,29)/t17-/m0/s1. The molecule has 3 aromatic heterocycles. The molecule has 0 radical (unpaired) electrons. The fourth-order valence-corrected chi connectivity index (χ4v) is 4.11. The molecule has 0 aliphatic carbocycles. The topological polar surface area (TPSA) is 123 Å². The number of ether oxygens (including phenoxy) is 3. The zero-order chi connectivity index (χ0) is 24.2. The van der Waals surface area contributed by atoms with E-state index in [1.807, 2.05) is 30.3 Å². The van der Waals surface area contributed by atoms with Crippen LogP contribution in [0.1, 0.15) is 17.8 Å². The summed E-state index contributed by atoms with van der Waals surface area (Å²) < 4.78 is 18.4. The largest absolute Gasteiger partial charge is 0.494 e. The summed E-state index contributed by atoms with van der Waals surface area (Å²) in [4.78, 5) is 13.4. The number of hydrogen-bond donors (Lipinski definition) is 1. The van der Waals surface area contributed by atoms with Gasteiger partial charge in [-0.1, -0.05) is 28.9 Å². The van der Waals surface area contributed by atoms with E-state index in [1.165, 1.54) is 0 Å². The smallest absolute Gasteiger partial charge is 0.221 e. The maximum Gasteiger partial charge on any atom is 0.221 e. The van der Waals surface area contributed by atoms with Gasteiger partial charge in [0.2, 0.25) is 5.95 Å². The fraction of sp³-hybridized carbons (Fsp3) is 0.292. The summed E-state index contributed by atoms with van der Waals surface area (Å²) in [6.45, 7) is 2.28. The lowest BCUT2D eigenvalue weighted by Gasteiger charge is -2.10. The average molecular weight is 494 g/mol. The average Bonchev–Trinajstić information content (AvgIpc) is 3.55. The SMILES string of the molecule is COc1c(Cl)cccc1-c1cc(-c2cn(Cc3cccc(CO[C@H]4CCOC4)n3)nn2)nc(N)n1. The number of rotatable bonds is 8. The minimum Gasteiger partial charge on any atom is -0.494 e. The minimum atomic E-state index is 0.108. The molecule has 1 fully saturated rings. The van der Waals surface area contributed by atoms with Crippen molar-refractivity contribution in [3.8, 4) is 28.4 Å². The molecule has 1 atom stereocenters. The number of anilines is 1. The zero-order valence-electron chi connectivity index (χ0n) is 19.1. The van der Waals surface area contributed by atoms with Crippen LogP contribution < -0.4 is 10.5 Å². The molecule has 1 aliphatic heterocycles. The minimum absolute atomic E-state index is 0.108. The molecule has 1 aromatic carbocycles. The van der Waals surface area contributed by atoms with E-state index in [2.05, 4.69) is 25.3 Å². The van der Waals surface area contributed by atoms with Gasteiger partial charge in [0.25, 0.3) is 0 Å². The van der Waals surface area contributed by atoms with Crippen LogP contribution in [0.4, 0.5) is 5.95 Å². The summed E-state index contributed by atoms with van der Waals surface area (Å²) in [5.41, 5.74) is 10.1. The molecule has 5 rings (SSSR count). The number of nitrogen functional groups attached to an aromatic ring is 1. The Bertz CT molecular complexity index is 1320. The first-order valence-electron chi connectivity index (χ1n) is 11.1. The van der Waals surface area contributed by atoms with Crippen molar-refractivity contribution in [2.24, 2.45) is 0 Å². The van der Waals surface area contributed by atoms with E-state index < -0.39 is 0 Å². The quantitative estimate of drug-likeness (QED) is 0.393. The molecular weight excluding hydrogens is 470 g/mol. The number of aromatic nitrogens is 6. The summed E-state index contributed by atoms with van der Waals surface area (Å²) in [5.74, 6) is 0.619.